The number of anilines is 2. The van der Waals surface area contributed by atoms with Crippen molar-refractivity contribution in [2.75, 3.05) is 11.5 Å². The molecule has 0 fully saturated rings. The fraction of sp³-hybridized carbons (Fsp3) is 0.174. The van der Waals surface area contributed by atoms with E-state index in [4.69, 9.17) is 50.8 Å². The van der Waals surface area contributed by atoms with Crippen LogP contribution >= 0.6 is 23.2 Å². The number of amides is 1. The Kier molecular flexibility index (Phi) is 14.7. The summed E-state index contributed by atoms with van der Waals surface area (Å²) in [5, 5.41) is 41.8. The van der Waals surface area contributed by atoms with Gasteiger partial charge in [-0.2, -0.15) is 20.7 Å². The zero-order valence-corrected chi connectivity index (χ0v) is 37.1. The molecule has 0 aliphatic heterocycles. The first-order chi connectivity index (χ1) is 31.1. The fourth-order valence-corrected chi connectivity index (χ4v) is 7.37. The van der Waals surface area contributed by atoms with Gasteiger partial charge in [-0.1, -0.05) is 35.3 Å². The molecule has 6 heterocycles. The average Bonchev–Trinajstić information content (AvgIpc) is 3.86. The smallest absolute Gasteiger partial charge is 0.340 e. The molecular formula is C46H42Cl2N14O3. The molecule has 0 atom stereocenters. The van der Waals surface area contributed by atoms with Crippen molar-refractivity contribution in [2.24, 2.45) is 5.73 Å². The highest BCUT2D eigenvalue weighted by Crippen LogP contribution is 2.22. The summed E-state index contributed by atoms with van der Waals surface area (Å²) in [6, 6.07) is 22.5. The van der Waals surface area contributed by atoms with Crippen molar-refractivity contribution in [2.45, 2.75) is 53.9 Å². The zero-order chi connectivity index (χ0) is 46.9. The maximum Gasteiger partial charge on any atom is 0.340 e. The van der Waals surface area contributed by atoms with Crippen molar-refractivity contribution in [1.29, 1.82) is 10.5 Å². The summed E-state index contributed by atoms with van der Waals surface area (Å²) < 4.78 is 2.87. The van der Waals surface area contributed by atoms with Gasteiger partial charge in [-0.3, -0.25) is 14.8 Å². The standard InChI is InChI=1S/C23H20ClN7O.C15H9ClN4O2.C8H13N3/c1-13-5-22(26)30-14(2)18(13)10-28-23(32)19-11-29-31(21(19)8-25)12-15-3-4-20-16(6-15)7-17(24)9-27-20;16-11-4-10-3-9(1-2-13(10)18-6-11)8-20-14(5-17)12(7-19-20)15(21)22;1-5-3-8(10)11-6(2)7(5)4-9/h3-7,9,11H,10,12H2,1-2H3,(H2,26,30)(H,28,32);1-4,6-7H,8H2,(H,21,22);3H,4,9H2,1-2H3,(H2,10,11). The molecule has 2 aromatic carbocycles. The number of aromatic carboxylic acids is 1. The predicted molar refractivity (Wildman–Crippen MR) is 248 cm³/mol. The van der Waals surface area contributed by atoms with Gasteiger partial charge in [0.25, 0.3) is 5.91 Å². The topological polar surface area (TPSA) is 279 Å². The zero-order valence-electron chi connectivity index (χ0n) is 35.6. The van der Waals surface area contributed by atoms with Gasteiger partial charge in [-0.15, -0.1) is 0 Å². The molecule has 0 radical (unpaired) electrons. The summed E-state index contributed by atoms with van der Waals surface area (Å²) in [6.07, 6.45) is 5.76. The van der Waals surface area contributed by atoms with E-state index in [-0.39, 0.29) is 35.0 Å². The number of halogens is 2. The first-order valence-corrected chi connectivity index (χ1v) is 20.5. The number of rotatable bonds is 9. The molecule has 0 saturated heterocycles. The number of pyridine rings is 4. The Balaban J connectivity index is 0.000000182. The van der Waals surface area contributed by atoms with Crippen LogP contribution < -0.4 is 22.5 Å². The number of aryl methyl sites for hydroxylation is 4. The molecule has 0 aliphatic carbocycles. The van der Waals surface area contributed by atoms with Gasteiger partial charge in [0, 0.05) is 47.6 Å². The predicted octanol–water partition coefficient (Wildman–Crippen LogP) is 6.97. The molecule has 17 nitrogen and oxygen atoms in total. The minimum Gasteiger partial charge on any atom is -0.478 e. The first kappa shape index (κ1) is 46.5. The molecule has 0 aliphatic rings. The molecule has 0 bridgehead atoms. The normalized spacial score (nSPS) is 10.6. The van der Waals surface area contributed by atoms with E-state index in [2.05, 4.69) is 41.5 Å². The van der Waals surface area contributed by atoms with Gasteiger partial charge < -0.3 is 27.6 Å². The second-order valence-electron chi connectivity index (χ2n) is 14.8. The minimum atomic E-state index is -1.17. The van der Waals surface area contributed by atoms with Crippen LogP contribution in [0, 0.1) is 50.4 Å². The van der Waals surface area contributed by atoms with Gasteiger partial charge >= 0.3 is 5.97 Å². The number of carbonyl (C=O) groups excluding carboxylic acids is 1. The molecule has 8 N–H and O–H groups in total. The second-order valence-corrected chi connectivity index (χ2v) is 15.6. The molecule has 1 amide bonds. The van der Waals surface area contributed by atoms with E-state index in [1.165, 1.54) is 21.8 Å². The highest BCUT2D eigenvalue weighted by atomic mass is 35.5. The maximum absolute atomic E-state index is 12.8. The van der Waals surface area contributed by atoms with Crippen LogP contribution in [0.1, 0.15) is 76.9 Å². The number of carbonyl (C=O) groups is 2. The van der Waals surface area contributed by atoms with Crippen LogP contribution in [0.2, 0.25) is 10.0 Å². The molecule has 65 heavy (non-hydrogen) atoms. The van der Waals surface area contributed by atoms with Gasteiger partial charge in [-0.25, -0.2) is 24.1 Å². The lowest BCUT2D eigenvalue weighted by Crippen LogP contribution is -2.24. The number of hydrogen-bond acceptors (Lipinski definition) is 13. The summed E-state index contributed by atoms with van der Waals surface area (Å²) in [7, 11) is 0. The molecule has 0 unspecified atom stereocenters. The first-order valence-electron chi connectivity index (χ1n) is 19.8. The molecule has 0 saturated carbocycles. The Morgan fingerprint density at radius 3 is 1.60 bits per heavy atom. The van der Waals surface area contributed by atoms with Crippen LogP contribution in [0.25, 0.3) is 21.8 Å². The van der Waals surface area contributed by atoms with E-state index in [1.807, 2.05) is 82.3 Å². The molecule has 8 rings (SSSR count). The van der Waals surface area contributed by atoms with Crippen LogP contribution in [0.3, 0.4) is 0 Å². The molecule has 19 heteroatoms. The van der Waals surface area contributed by atoms with Crippen LogP contribution in [0.4, 0.5) is 11.6 Å². The van der Waals surface area contributed by atoms with Crippen molar-refractivity contribution in [1.82, 2.24) is 44.8 Å². The van der Waals surface area contributed by atoms with Crippen LogP contribution in [0.15, 0.2) is 85.5 Å². The number of nitrogens with two attached hydrogens (primary N) is 3. The van der Waals surface area contributed by atoms with Crippen molar-refractivity contribution < 1.29 is 14.7 Å². The number of benzene rings is 2. The van der Waals surface area contributed by atoms with E-state index in [9.17, 15) is 14.9 Å². The Morgan fingerprint density at radius 1 is 0.692 bits per heavy atom. The lowest BCUT2D eigenvalue weighted by molar-refractivity contribution is 0.0696. The number of aromatic nitrogens is 8. The Labute approximate surface area is 383 Å². The number of nitriles is 2. The fourth-order valence-electron chi connectivity index (χ4n) is 7.04. The van der Waals surface area contributed by atoms with Gasteiger partial charge in [0.2, 0.25) is 0 Å². The quantitative estimate of drug-likeness (QED) is 0.0978. The van der Waals surface area contributed by atoms with E-state index >= 15 is 0 Å². The summed E-state index contributed by atoms with van der Waals surface area (Å²) >= 11 is 12.0. The number of nitrogens with zero attached hydrogens (tertiary/aromatic N) is 10. The maximum atomic E-state index is 12.8. The molecular weight excluding hydrogens is 868 g/mol. The van der Waals surface area contributed by atoms with Crippen molar-refractivity contribution in [3.05, 3.63) is 163 Å². The highest BCUT2D eigenvalue weighted by Gasteiger charge is 2.19. The number of carboxylic acids is 1. The van der Waals surface area contributed by atoms with E-state index in [1.54, 1.807) is 24.5 Å². The highest BCUT2D eigenvalue weighted by molar-refractivity contribution is 6.31. The summed E-state index contributed by atoms with van der Waals surface area (Å²) in [6.45, 7) is 9.10. The summed E-state index contributed by atoms with van der Waals surface area (Å²) in [5.41, 5.74) is 26.3. The molecule has 328 valence electrons. The molecule has 0 spiro atoms. The van der Waals surface area contributed by atoms with Gasteiger partial charge in [-0.05, 0) is 110 Å². The number of carboxylic acid groups (broad SMARTS) is 1. The van der Waals surface area contributed by atoms with Crippen molar-refractivity contribution in [3.8, 4) is 12.1 Å². The average molecular weight is 910 g/mol. The minimum absolute atomic E-state index is 0.0248. The van der Waals surface area contributed by atoms with Crippen molar-refractivity contribution in [3.63, 3.8) is 0 Å². The van der Waals surface area contributed by atoms with E-state index in [0.717, 1.165) is 66.6 Å². The summed E-state index contributed by atoms with van der Waals surface area (Å²) in [4.78, 5) is 40.6. The van der Waals surface area contributed by atoms with Gasteiger partial charge in [0.05, 0.1) is 52.1 Å². The van der Waals surface area contributed by atoms with Crippen LogP contribution in [-0.4, -0.2) is 56.5 Å². The lowest BCUT2D eigenvalue weighted by Gasteiger charge is -2.11. The monoisotopic (exact) mass is 908 g/mol. The van der Waals surface area contributed by atoms with E-state index in [0.29, 0.717) is 41.3 Å². The number of fused-ring (bicyclic) bond motifs is 2. The van der Waals surface area contributed by atoms with E-state index < -0.39 is 5.97 Å². The Morgan fingerprint density at radius 2 is 1.15 bits per heavy atom. The third-order valence-electron chi connectivity index (χ3n) is 10.2. The van der Waals surface area contributed by atoms with Gasteiger partial charge in [0.15, 0.2) is 11.4 Å². The second kappa shape index (κ2) is 20.5. The third kappa shape index (κ3) is 11.2. The Bertz CT molecular complexity index is 3140. The lowest BCUT2D eigenvalue weighted by atomic mass is 10.1. The van der Waals surface area contributed by atoms with Crippen LogP contribution in [0.5, 0.6) is 0 Å². The molecule has 8 aromatic rings. The third-order valence-corrected chi connectivity index (χ3v) is 10.6. The van der Waals surface area contributed by atoms with Crippen molar-refractivity contribution >= 4 is 68.5 Å². The van der Waals surface area contributed by atoms with Gasteiger partial charge in [0.1, 0.15) is 29.3 Å². The number of nitrogens with one attached hydrogen (secondary N) is 1. The molecule has 6 aromatic heterocycles. The van der Waals surface area contributed by atoms with Crippen LogP contribution in [-0.2, 0) is 26.2 Å². The largest absolute Gasteiger partial charge is 0.478 e. The number of hydrogen-bond donors (Lipinski definition) is 5. The number of nitrogen functional groups attached to an aromatic ring is 2. The summed E-state index contributed by atoms with van der Waals surface area (Å²) in [5.74, 6) is -0.540. The SMILES string of the molecule is Cc1cc(N)nc(C)c1CN.Cc1cc(N)nc(C)c1CNC(=O)c1cnn(Cc2ccc3ncc(Cl)cc3c2)c1C#N.N#Cc1c(C(=O)O)cnn1Cc1ccc2ncc(Cl)cc2c1. The Hall–Kier alpha value is -7.96.